The highest BCUT2D eigenvalue weighted by molar-refractivity contribution is 5.73. The van der Waals surface area contributed by atoms with E-state index in [4.69, 9.17) is 4.74 Å². The first-order valence-electron chi connectivity index (χ1n) is 5.36. The van der Waals surface area contributed by atoms with Crippen molar-refractivity contribution in [1.29, 1.82) is 0 Å². The molecule has 3 rings (SSSR count). The lowest BCUT2D eigenvalue weighted by atomic mass is 9.87. The van der Waals surface area contributed by atoms with Gasteiger partial charge in [-0.15, -0.1) is 0 Å². The molecule has 3 saturated carbocycles. The van der Waals surface area contributed by atoms with Crippen LogP contribution in [0.1, 0.15) is 32.1 Å². The van der Waals surface area contributed by atoms with Crippen molar-refractivity contribution in [3.05, 3.63) is 0 Å². The van der Waals surface area contributed by atoms with Gasteiger partial charge in [0, 0.05) is 0 Å². The third kappa shape index (κ3) is 0.818. The average molecular weight is 180 g/mol. The van der Waals surface area contributed by atoms with E-state index in [2.05, 4.69) is 0 Å². The molecule has 0 N–H and O–H groups in total. The van der Waals surface area contributed by atoms with Gasteiger partial charge in [0.15, 0.2) is 0 Å². The summed E-state index contributed by atoms with van der Waals surface area (Å²) >= 11 is 0. The van der Waals surface area contributed by atoms with Gasteiger partial charge in [-0.2, -0.15) is 0 Å². The molecule has 0 amide bonds. The molecular weight excluding hydrogens is 164 g/mol. The molecule has 3 aliphatic carbocycles. The minimum absolute atomic E-state index is 0.0541. The van der Waals surface area contributed by atoms with Crippen LogP contribution in [-0.2, 0) is 9.53 Å². The molecule has 3 unspecified atom stereocenters. The highest BCUT2D eigenvalue weighted by Gasteiger charge is 2.66. The van der Waals surface area contributed by atoms with Crippen LogP contribution in [0.4, 0.5) is 0 Å². The van der Waals surface area contributed by atoms with Crippen LogP contribution in [0.15, 0.2) is 0 Å². The second-order valence-corrected chi connectivity index (χ2v) is 4.98. The van der Waals surface area contributed by atoms with Gasteiger partial charge in [-0.05, 0) is 49.4 Å². The summed E-state index contributed by atoms with van der Waals surface area (Å²) in [5.74, 6) is 1.86. The molecule has 0 aromatic heterocycles. The van der Waals surface area contributed by atoms with E-state index in [9.17, 15) is 4.79 Å². The van der Waals surface area contributed by atoms with Crippen molar-refractivity contribution in [2.75, 3.05) is 7.11 Å². The fourth-order valence-electron chi connectivity index (χ4n) is 4.02. The number of carbonyl (C=O) groups excluding carboxylic acids is 1. The molecule has 0 heterocycles. The molecule has 2 bridgehead atoms. The Morgan fingerprint density at radius 3 is 2.69 bits per heavy atom. The van der Waals surface area contributed by atoms with Crippen molar-refractivity contribution in [2.24, 2.45) is 23.2 Å². The number of carbonyl (C=O) groups is 1. The van der Waals surface area contributed by atoms with Crippen LogP contribution < -0.4 is 0 Å². The highest BCUT2D eigenvalue weighted by Crippen LogP contribution is 2.72. The minimum Gasteiger partial charge on any atom is -0.469 e. The Morgan fingerprint density at radius 1 is 1.38 bits per heavy atom. The van der Waals surface area contributed by atoms with Crippen molar-refractivity contribution < 1.29 is 9.53 Å². The predicted octanol–water partition coefficient (Wildman–Crippen LogP) is 1.99. The molecule has 13 heavy (non-hydrogen) atoms. The molecule has 1 spiro atoms. The quantitative estimate of drug-likeness (QED) is 0.577. The van der Waals surface area contributed by atoms with Gasteiger partial charge in [-0.3, -0.25) is 4.79 Å². The second kappa shape index (κ2) is 2.28. The zero-order valence-electron chi connectivity index (χ0n) is 8.08. The summed E-state index contributed by atoms with van der Waals surface area (Å²) in [6, 6.07) is 0. The normalized spacial score (nSPS) is 43.9. The Bertz CT molecular complexity index is 255. The highest BCUT2D eigenvalue weighted by atomic mass is 16.5. The maximum atomic E-state index is 11.5. The monoisotopic (exact) mass is 180 g/mol. The Kier molecular flexibility index (Phi) is 1.38. The lowest BCUT2D eigenvalue weighted by Crippen LogP contribution is -2.23. The first-order chi connectivity index (χ1) is 6.28. The molecule has 2 nitrogen and oxygen atoms in total. The molecule has 72 valence electrons. The van der Waals surface area contributed by atoms with Gasteiger partial charge in [-0.1, -0.05) is 0 Å². The Morgan fingerprint density at radius 2 is 2.15 bits per heavy atom. The molecule has 3 fully saturated rings. The van der Waals surface area contributed by atoms with Crippen molar-refractivity contribution in [3.63, 3.8) is 0 Å². The van der Waals surface area contributed by atoms with Gasteiger partial charge in [0.25, 0.3) is 0 Å². The minimum atomic E-state index is 0.0541. The number of rotatable bonds is 1. The van der Waals surface area contributed by atoms with Gasteiger partial charge < -0.3 is 4.74 Å². The summed E-state index contributed by atoms with van der Waals surface area (Å²) in [5, 5.41) is 0. The van der Waals surface area contributed by atoms with Gasteiger partial charge in [0.2, 0.25) is 0 Å². The van der Waals surface area contributed by atoms with E-state index in [0.29, 0.717) is 11.3 Å². The van der Waals surface area contributed by atoms with Crippen molar-refractivity contribution in [3.8, 4) is 0 Å². The zero-order valence-corrected chi connectivity index (χ0v) is 8.08. The first-order valence-corrected chi connectivity index (χ1v) is 5.36. The SMILES string of the molecule is COC(=O)C1CC2CCC1C21CC1. The maximum Gasteiger partial charge on any atom is 0.308 e. The van der Waals surface area contributed by atoms with Crippen LogP contribution >= 0.6 is 0 Å². The van der Waals surface area contributed by atoms with Gasteiger partial charge in [-0.25, -0.2) is 0 Å². The molecule has 0 aliphatic heterocycles. The van der Waals surface area contributed by atoms with E-state index in [-0.39, 0.29) is 11.9 Å². The molecule has 3 atom stereocenters. The lowest BCUT2D eigenvalue weighted by molar-refractivity contribution is -0.147. The Hall–Kier alpha value is -0.530. The van der Waals surface area contributed by atoms with Crippen LogP contribution in [0, 0.1) is 23.2 Å². The molecule has 0 radical (unpaired) electrons. The van der Waals surface area contributed by atoms with Gasteiger partial charge in [0.1, 0.15) is 0 Å². The number of hydrogen-bond acceptors (Lipinski definition) is 2. The standard InChI is InChI=1S/C11H16O2/c1-13-10(12)8-6-7-2-3-9(8)11(7)4-5-11/h7-9H,2-6H2,1H3. The topological polar surface area (TPSA) is 26.3 Å². The molecule has 2 heteroatoms. The molecule has 3 aliphatic rings. The smallest absolute Gasteiger partial charge is 0.308 e. The molecular formula is C11H16O2. The van der Waals surface area contributed by atoms with E-state index in [1.54, 1.807) is 0 Å². The third-order valence-electron chi connectivity index (χ3n) is 4.73. The summed E-state index contributed by atoms with van der Waals surface area (Å²) in [5.41, 5.74) is 0.624. The van der Waals surface area contributed by atoms with Crippen molar-refractivity contribution in [1.82, 2.24) is 0 Å². The fourth-order valence-corrected chi connectivity index (χ4v) is 4.02. The van der Waals surface area contributed by atoms with E-state index in [1.807, 2.05) is 0 Å². The van der Waals surface area contributed by atoms with Crippen LogP contribution in [0.25, 0.3) is 0 Å². The fraction of sp³-hybridized carbons (Fsp3) is 0.909. The maximum absolute atomic E-state index is 11.5. The zero-order chi connectivity index (χ0) is 9.05. The Balaban J connectivity index is 1.85. The van der Waals surface area contributed by atoms with E-state index in [1.165, 1.54) is 32.8 Å². The largest absolute Gasteiger partial charge is 0.469 e. The molecule has 0 saturated heterocycles. The van der Waals surface area contributed by atoms with Crippen LogP contribution in [0.5, 0.6) is 0 Å². The van der Waals surface area contributed by atoms with E-state index >= 15 is 0 Å². The van der Waals surface area contributed by atoms with Crippen LogP contribution in [-0.4, -0.2) is 13.1 Å². The third-order valence-corrected chi connectivity index (χ3v) is 4.73. The van der Waals surface area contributed by atoms with Crippen molar-refractivity contribution in [2.45, 2.75) is 32.1 Å². The lowest BCUT2D eigenvalue weighted by Gasteiger charge is -2.19. The summed E-state index contributed by atoms with van der Waals surface area (Å²) in [4.78, 5) is 11.5. The number of methoxy groups -OCH3 is 1. The number of ether oxygens (including phenoxy) is 1. The summed E-state index contributed by atoms with van der Waals surface area (Å²) in [6.45, 7) is 0. The molecule has 0 aromatic carbocycles. The van der Waals surface area contributed by atoms with Crippen LogP contribution in [0.3, 0.4) is 0 Å². The summed E-state index contributed by atoms with van der Waals surface area (Å²) in [7, 11) is 1.52. The predicted molar refractivity (Wildman–Crippen MR) is 48.0 cm³/mol. The Labute approximate surface area is 78.6 Å². The summed E-state index contributed by atoms with van der Waals surface area (Å²) in [6.07, 6.45) is 6.55. The average Bonchev–Trinajstić information content (AvgIpc) is 2.82. The van der Waals surface area contributed by atoms with E-state index in [0.717, 1.165) is 12.3 Å². The number of hydrogen-bond donors (Lipinski definition) is 0. The van der Waals surface area contributed by atoms with Crippen LogP contribution in [0.2, 0.25) is 0 Å². The van der Waals surface area contributed by atoms with Gasteiger partial charge in [0.05, 0.1) is 13.0 Å². The second-order valence-electron chi connectivity index (χ2n) is 4.98. The molecule has 0 aromatic rings. The van der Waals surface area contributed by atoms with Gasteiger partial charge >= 0.3 is 5.97 Å². The summed E-state index contributed by atoms with van der Waals surface area (Å²) < 4.78 is 4.87. The first kappa shape index (κ1) is 7.84. The van der Waals surface area contributed by atoms with Crippen molar-refractivity contribution >= 4 is 5.97 Å². The number of esters is 1. The van der Waals surface area contributed by atoms with E-state index < -0.39 is 0 Å².